The third-order valence-corrected chi connectivity index (χ3v) is 4.40. The molecule has 0 N–H and O–H groups in total. The fraction of sp³-hybridized carbons (Fsp3) is 0.143. The van der Waals surface area contributed by atoms with Gasteiger partial charge in [0.2, 0.25) is 0 Å². The number of ether oxygens (including phenoxy) is 3. The van der Waals surface area contributed by atoms with Crippen LogP contribution in [-0.4, -0.2) is 35.2 Å². The Morgan fingerprint density at radius 1 is 0.867 bits per heavy atom. The number of nitrogens with zero attached hydrogens (tertiary/aromatic N) is 3. The van der Waals surface area contributed by atoms with Crippen molar-refractivity contribution < 1.29 is 27.4 Å². The summed E-state index contributed by atoms with van der Waals surface area (Å²) in [4.78, 5) is 4.35. The van der Waals surface area contributed by atoms with Gasteiger partial charge in [0.25, 0.3) is 0 Å². The van der Waals surface area contributed by atoms with Crippen LogP contribution < -0.4 is 14.2 Å². The maximum Gasteiger partial charge on any atom is 0.573 e. The molecular formula is C21H16F3N3O3. The van der Waals surface area contributed by atoms with Crippen molar-refractivity contribution in [2.75, 3.05) is 14.2 Å². The molecule has 154 valence electrons. The van der Waals surface area contributed by atoms with Gasteiger partial charge >= 0.3 is 6.36 Å². The van der Waals surface area contributed by atoms with Crippen LogP contribution in [0.5, 0.6) is 17.2 Å². The number of imidazole rings is 1. The van der Waals surface area contributed by atoms with Gasteiger partial charge in [-0.25, -0.2) is 9.50 Å². The molecule has 0 aliphatic carbocycles. The summed E-state index contributed by atoms with van der Waals surface area (Å²) in [5.41, 5.74) is 3.01. The molecule has 0 bridgehead atoms. The molecule has 9 heteroatoms. The molecule has 4 rings (SSSR count). The highest BCUT2D eigenvalue weighted by atomic mass is 19.4. The van der Waals surface area contributed by atoms with Crippen molar-refractivity contribution >= 4 is 5.65 Å². The zero-order valence-electron chi connectivity index (χ0n) is 16.0. The van der Waals surface area contributed by atoms with Crippen molar-refractivity contribution in [1.82, 2.24) is 14.6 Å². The third-order valence-electron chi connectivity index (χ3n) is 4.40. The van der Waals surface area contributed by atoms with Crippen molar-refractivity contribution in [3.05, 3.63) is 60.8 Å². The molecule has 30 heavy (non-hydrogen) atoms. The van der Waals surface area contributed by atoms with E-state index in [-0.39, 0.29) is 5.75 Å². The maximum atomic E-state index is 12.5. The van der Waals surface area contributed by atoms with Gasteiger partial charge in [0.05, 0.1) is 31.8 Å². The lowest BCUT2D eigenvalue weighted by molar-refractivity contribution is -0.274. The molecule has 0 aliphatic rings. The van der Waals surface area contributed by atoms with Crippen molar-refractivity contribution in [1.29, 1.82) is 0 Å². The molecule has 0 spiro atoms. The number of alkyl halides is 3. The highest BCUT2D eigenvalue weighted by Crippen LogP contribution is 2.33. The smallest absolute Gasteiger partial charge is 0.493 e. The number of methoxy groups -OCH3 is 2. The zero-order chi connectivity index (χ0) is 21.3. The number of aromatic nitrogens is 3. The lowest BCUT2D eigenvalue weighted by atomic mass is 10.1. The van der Waals surface area contributed by atoms with Crippen LogP contribution in [0.1, 0.15) is 0 Å². The number of fused-ring (bicyclic) bond motifs is 1. The minimum Gasteiger partial charge on any atom is -0.493 e. The summed E-state index contributed by atoms with van der Waals surface area (Å²) >= 11 is 0. The number of halogens is 3. The van der Waals surface area contributed by atoms with E-state index in [0.717, 1.165) is 5.56 Å². The highest BCUT2D eigenvalue weighted by Gasteiger charge is 2.31. The monoisotopic (exact) mass is 415 g/mol. The van der Waals surface area contributed by atoms with Gasteiger partial charge in [-0.05, 0) is 42.5 Å². The fourth-order valence-electron chi connectivity index (χ4n) is 3.07. The van der Waals surface area contributed by atoms with Gasteiger partial charge in [-0.3, -0.25) is 0 Å². The van der Waals surface area contributed by atoms with Crippen molar-refractivity contribution in [2.45, 2.75) is 6.36 Å². The van der Waals surface area contributed by atoms with Crippen LogP contribution in [0, 0.1) is 0 Å². The van der Waals surface area contributed by atoms with Gasteiger partial charge in [-0.1, -0.05) is 12.1 Å². The average molecular weight is 415 g/mol. The molecule has 4 aromatic rings. The van der Waals surface area contributed by atoms with Crippen LogP contribution in [0.3, 0.4) is 0 Å². The van der Waals surface area contributed by atoms with Crippen molar-refractivity contribution in [2.24, 2.45) is 0 Å². The highest BCUT2D eigenvalue weighted by molar-refractivity contribution is 5.68. The molecule has 0 amide bonds. The summed E-state index contributed by atoms with van der Waals surface area (Å²) in [6.45, 7) is 0. The molecule has 0 unspecified atom stereocenters. The van der Waals surface area contributed by atoms with Gasteiger partial charge in [-0.15, -0.1) is 13.2 Å². The standard InChI is InChI=1S/C21H16F3N3O3/c1-28-18-8-6-14(11-19(18)29-2)17-12-25-20-9-7-16(26-27(17)20)13-4-3-5-15(10-13)30-21(22,23)24/h3-12H,1-2H3. The average Bonchev–Trinajstić information content (AvgIpc) is 3.15. The lowest BCUT2D eigenvalue weighted by Gasteiger charge is -2.11. The molecule has 0 radical (unpaired) electrons. The van der Waals surface area contributed by atoms with Crippen LogP contribution in [0.4, 0.5) is 13.2 Å². The third kappa shape index (κ3) is 3.86. The minimum atomic E-state index is -4.76. The topological polar surface area (TPSA) is 57.9 Å². The van der Waals surface area contributed by atoms with Gasteiger partial charge in [0, 0.05) is 11.1 Å². The van der Waals surface area contributed by atoms with Crippen LogP contribution in [0.15, 0.2) is 60.8 Å². The van der Waals surface area contributed by atoms with E-state index < -0.39 is 6.36 Å². The predicted molar refractivity (Wildman–Crippen MR) is 104 cm³/mol. The molecule has 0 fully saturated rings. The van der Waals surface area contributed by atoms with Crippen LogP contribution >= 0.6 is 0 Å². The second-order valence-electron chi connectivity index (χ2n) is 6.28. The Bertz CT molecular complexity index is 1210. The summed E-state index contributed by atoms with van der Waals surface area (Å²) in [6, 6.07) is 14.5. The summed E-state index contributed by atoms with van der Waals surface area (Å²) in [6.07, 6.45) is -3.10. The quantitative estimate of drug-likeness (QED) is 0.460. The first kappa shape index (κ1) is 19.6. The molecule has 0 saturated heterocycles. The maximum absolute atomic E-state index is 12.5. The van der Waals surface area contributed by atoms with Gasteiger partial charge in [-0.2, -0.15) is 5.10 Å². The van der Waals surface area contributed by atoms with E-state index in [1.165, 1.54) is 18.2 Å². The molecule has 2 aromatic heterocycles. The SMILES string of the molecule is COc1ccc(-c2cnc3ccc(-c4cccc(OC(F)(F)F)c4)nn23)cc1OC. The van der Waals surface area contributed by atoms with E-state index in [9.17, 15) is 13.2 Å². The Morgan fingerprint density at radius 3 is 2.40 bits per heavy atom. The van der Waals surface area contributed by atoms with E-state index in [2.05, 4.69) is 14.8 Å². The summed E-state index contributed by atoms with van der Waals surface area (Å²) in [5, 5.41) is 4.56. The Balaban J connectivity index is 1.77. The summed E-state index contributed by atoms with van der Waals surface area (Å²) in [7, 11) is 3.10. The van der Waals surface area contributed by atoms with Crippen LogP contribution in [0.25, 0.3) is 28.2 Å². The summed E-state index contributed by atoms with van der Waals surface area (Å²) in [5.74, 6) is 0.830. The minimum absolute atomic E-state index is 0.312. The van der Waals surface area contributed by atoms with Gasteiger partial charge < -0.3 is 14.2 Å². The second kappa shape index (κ2) is 7.58. The first-order valence-corrected chi connectivity index (χ1v) is 8.81. The fourth-order valence-corrected chi connectivity index (χ4v) is 3.07. The second-order valence-corrected chi connectivity index (χ2v) is 6.28. The normalized spacial score (nSPS) is 11.5. The number of hydrogen-bond acceptors (Lipinski definition) is 5. The molecule has 2 aromatic carbocycles. The first-order valence-electron chi connectivity index (χ1n) is 8.81. The van der Waals surface area contributed by atoms with Crippen molar-refractivity contribution in [3.63, 3.8) is 0 Å². The van der Waals surface area contributed by atoms with E-state index in [1.54, 1.807) is 55.3 Å². The Labute approximate surface area is 169 Å². The molecule has 2 heterocycles. The van der Waals surface area contributed by atoms with E-state index in [0.29, 0.717) is 34.1 Å². The number of benzene rings is 2. The molecule has 0 atom stereocenters. The lowest BCUT2D eigenvalue weighted by Crippen LogP contribution is -2.17. The molecule has 6 nitrogen and oxygen atoms in total. The van der Waals surface area contributed by atoms with Crippen LogP contribution in [-0.2, 0) is 0 Å². The summed E-state index contributed by atoms with van der Waals surface area (Å²) < 4.78 is 53.8. The largest absolute Gasteiger partial charge is 0.573 e. The zero-order valence-corrected chi connectivity index (χ0v) is 16.0. The van der Waals surface area contributed by atoms with E-state index in [1.807, 2.05) is 6.07 Å². The Hall–Kier alpha value is -3.75. The molecule has 0 saturated carbocycles. The van der Waals surface area contributed by atoms with Crippen molar-refractivity contribution in [3.8, 4) is 39.8 Å². The Morgan fingerprint density at radius 2 is 1.67 bits per heavy atom. The van der Waals surface area contributed by atoms with Gasteiger partial charge in [0.15, 0.2) is 17.1 Å². The molecule has 0 aliphatic heterocycles. The first-order chi connectivity index (χ1) is 14.4. The van der Waals surface area contributed by atoms with E-state index >= 15 is 0 Å². The van der Waals surface area contributed by atoms with Crippen LogP contribution in [0.2, 0.25) is 0 Å². The molecular weight excluding hydrogens is 399 g/mol. The Kier molecular flexibility index (Phi) is 4.94. The van der Waals surface area contributed by atoms with Gasteiger partial charge in [0.1, 0.15) is 5.75 Å². The number of rotatable bonds is 5. The predicted octanol–water partition coefficient (Wildman–Crippen LogP) is 4.98. The van der Waals surface area contributed by atoms with E-state index in [4.69, 9.17) is 9.47 Å². The number of hydrogen-bond donors (Lipinski definition) is 0.